The van der Waals surface area contributed by atoms with Gasteiger partial charge in [0, 0.05) is 19.0 Å². The molecule has 7 N–H and O–H groups in total. The molecule has 0 aliphatic carbocycles. The zero-order chi connectivity index (χ0) is 55.0. The third-order valence-corrected chi connectivity index (χ3v) is 13.5. The molecule has 1 fully saturated rings. The van der Waals surface area contributed by atoms with Crippen LogP contribution in [0, 0.1) is 0 Å². The van der Waals surface area contributed by atoms with Gasteiger partial charge in [0.25, 0.3) is 0 Å². The van der Waals surface area contributed by atoms with Crippen molar-refractivity contribution in [2.24, 2.45) is 0 Å². The molecule has 2 rings (SSSR count). The molecule has 21 heteroatoms. The molecule has 1 saturated heterocycles. The molecule has 1 aliphatic rings. The highest BCUT2D eigenvalue weighted by molar-refractivity contribution is 7.61. The molecule has 0 amide bonds. The summed E-state index contributed by atoms with van der Waals surface area (Å²) >= 11 is 0. The number of aromatic nitrogens is 2. The van der Waals surface area contributed by atoms with Gasteiger partial charge in [-0.05, 0) is 89.5 Å². The SMILES string of the molecule is CCCCC/C=C\C/C=C\C/C=C\C=C\[C@H](O)CCCC(=O)O[C@H](COC(=O)CC/C=C\C/C=C\C/C=C\C/C=C\C/C=C\CCCCC)COP(=O)(O)OP(=O)(O)OC[C@H]1O[C@@H](n2ccc(N)nc2=O)[C@H](O)[C@@H]1O. The average molecular weight is 1090 g/mol. The largest absolute Gasteiger partial charge is 0.481 e. The van der Waals surface area contributed by atoms with E-state index in [1.165, 1.54) is 44.6 Å². The molecular weight excluding hydrogens is 1010 g/mol. The first kappa shape index (κ1) is 66.5. The van der Waals surface area contributed by atoms with Crippen molar-refractivity contribution in [3.63, 3.8) is 0 Å². The Bertz CT molecular complexity index is 2200. The zero-order valence-electron chi connectivity index (χ0n) is 43.7. The lowest BCUT2D eigenvalue weighted by atomic mass is 10.1. The molecule has 0 saturated carbocycles. The quantitative estimate of drug-likeness (QED) is 0.0117. The van der Waals surface area contributed by atoms with Crippen LogP contribution in [0.15, 0.2) is 126 Å². The number of nitrogens with zero attached hydrogens (tertiary/aromatic N) is 2. The van der Waals surface area contributed by atoms with Crippen LogP contribution in [-0.4, -0.2) is 96.9 Å². The number of anilines is 1. The predicted octanol–water partition coefficient (Wildman–Crippen LogP) is 9.97. The Labute approximate surface area is 443 Å². The topological polar surface area (TPSA) is 286 Å². The summed E-state index contributed by atoms with van der Waals surface area (Å²) in [6, 6.07) is 1.23. The lowest BCUT2D eigenvalue weighted by Crippen LogP contribution is -2.36. The van der Waals surface area contributed by atoms with E-state index in [-0.39, 0.29) is 31.5 Å². The minimum atomic E-state index is -5.50. The van der Waals surface area contributed by atoms with Crippen LogP contribution < -0.4 is 11.4 Å². The van der Waals surface area contributed by atoms with E-state index in [0.717, 1.165) is 55.7 Å². The Kier molecular flexibility index (Phi) is 36.0. The Balaban J connectivity index is 1.89. The molecule has 75 heavy (non-hydrogen) atoms. The number of rotatable bonds is 41. The van der Waals surface area contributed by atoms with Gasteiger partial charge in [-0.25, -0.2) is 13.9 Å². The maximum Gasteiger partial charge on any atom is 0.481 e. The smallest absolute Gasteiger partial charge is 0.462 e. The second-order valence-electron chi connectivity index (χ2n) is 17.5. The summed E-state index contributed by atoms with van der Waals surface area (Å²) < 4.78 is 56.5. The third-order valence-electron chi connectivity index (χ3n) is 10.9. The van der Waals surface area contributed by atoms with Crippen molar-refractivity contribution in [2.45, 2.75) is 173 Å². The number of hydrogen-bond acceptors (Lipinski definition) is 16. The maximum atomic E-state index is 12.9. The minimum absolute atomic E-state index is 0.0434. The van der Waals surface area contributed by atoms with E-state index < -0.39 is 89.8 Å². The fourth-order valence-electron chi connectivity index (χ4n) is 6.87. The first-order valence-electron chi connectivity index (χ1n) is 26.0. The summed E-state index contributed by atoms with van der Waals surface area (Å²) in [5.41, 5.74) is 4.56. The van der Waals surface area contributed by atoms with Gasteiger partial charge in [0.05, 0.1) is 19.3 Å². The molecule has 1 aromatic heterocycles. The standard InChI is InChI=1S/C54H83N3O16P2/c1-3-5-7-9-11-13-15-17-18-19-20-21-22-24-26-28-30-32-34-38-49(59)68-42-46(71-50(60)39-35-37-45(58)36-33-31-29-27-25-23-16-14-12-10-8-6-4-2)43-69-74(64,65)73-75(66,67)70-44-47-51(61)52(62)53(72-47)57-41-40-48(55)56-54(57)63/h11-14,17-18,20-21,23-26,29-33,36,40-41,45-47,51-53,58,61-62H,3-10,15-16,19,22,27-28,34-35,37-39,42-44H2,1-2H3,(H,64,65)(H,66,67)(H2,55,56,63)/b13-11-,14-12-,18-17-,21-20-,25-23-,26-24-,31-29-,32-30-,36-33+/t45-,46+,47+,51+,52+,53+/m0/s1. The number of phosphoric acid groups is 2. The number of unbranched alkanes of at least 4 members (excludes halogenated alkanes) is 6. The van der Waals surface area contributed by atoms with Crippen LogP contribution in [0.4, 0.5) is 5.82 Å². The van der Waals surface area contributed by atoms with Crippen LogP contribution in [-0.2, 0) is 46.3 Å². The van der Waals surface area contributed by atoms with Crippen LogP contribution in [0.2, 0.25) is 0 Å². The van der Waals surface area contributed by atoms with Gasteiger partial charge < -0.3 is 45.1 Å². The number of aliphatic hydroxyl groups is 3. The van der Waals surface area contributed by atoms with Gasteiger partial charge in [0.15, 0.2) is 12.3 Å². The van der Waals surface area contributed by atoms with Crippen LogP contribution in [0.1, 0.15) is 142 Å². The summed E-state index contributed by atoms with van der Waals surface area (Å²) in [5.74, 6) is -1.62. The van der Waals surface area contributed by atoms with Gasteiger partial charge in [-0.3, -0.25) is 23.2 Å². The summed E-state index contributed by atoms with van der Waals surface area (Å²) in [6.07, 6.45) is 43.5. The predicted molar refractivity (Wildman–Crippen MR) is 290 cm³/mol. The number of nitrogen functional groups attached to an aromatic ring is 1. The van der Waals surface area contributed by atoms with Crippen molar-refractivity contribution in [3.8, 4) is 0 Å². The molecule has 0 spiro atoms. The second kappa shape index (κ2) is 40.6. The highest BCUT2D eigenvalue weighted by atomic mass is 31.3. The highest BCUT2D eigenvalue weighted by Crippen LogP contribution is 2.60. The molecule has 0 bridgehead atoms. The number of esters is 2. The number of nitrogens with two attached hydrogens (primary N) is 1. The van der Waals surface area contributed by atoms with Crippen LogP contribution >= 0.6 is 15.6 Å². The average Bonchev–Trinajstić information content (AvgIpc) is 3.64. The van der Waals surface area contributed by atoms with Crippen molar-refractivity contribution in [1.29, 1.82) is 0 Å². The van der Waals surface area contributed by atoms with Crippen molar-refractivity contribution in [3.05, 3.63) is 132 Å². The molecule has 420 valence electrons. The third kappa shape index (κ3) is 33.2. The molecule has 2 unspecified atom stereocenters. The van der Waals surface area contributed by atoms with Crippen LogP contribution in [0.5, 0.6) is 0 Å². The van der Waals surface area contributed by atoms with E-state index in [0.29, 0.717) is 12.8 Å². The molecule has 1 aliphatic heterocycles. The van der Waals surface area contributed by atoms with Crippen molar-refractivity contribution < 1.29 is 71.4 Å². The Morgan fingerprint density at radius 2 is 1.24 bits per heavy atom. The lowest BCUT2D eigenvalue weighted by Gasteiger charge is -2.21. The fraction of sp³-hybridized carbons (Fsp3) is 0.556. The Morgan fingerprint density at radius 1 is 0.707 bits per heavy atom. The molecular formula is C54H83N3O16P2. The molecule has 19 nitrogen and oxygen atoms in total. The van der Waals surface area contributed by atoms with Gasteiger partial charge in [0.2, 0.25) is 0 Å². The monoisotopic (exact) mass is 1090 g/mol. The fourth-order valence-corrected chi connectivity index (χ4v) is 8.98. The number of allylic oxidation sites excluding steroid dienone is 17. The summed E-state index contributed by atoms with van der Waals surface area (Å²) in [5, 5.41) is 31.3. The van der Waals surface area contributed by atoms with Crippen molar-refractivity contribution >= 4 is 33.4 Å². The number of hydrogen-bond donors (Lipinski definition) is 6. The van der Waals surface area contributed by atoms with Crippen molar-refractivity contribution in [2.75, 3.05) is 25.6 Å². The van der Waals surface area contributed by atoms with Crippen LogP contribution in [0.25, 0.3) is 0 Å². The molecule has 0 radical (unpaired) electrons. The number of carbonyl (C=O) groups excluding carboxylic acids is 2. The normalized spacial score (nSPS) is 20.1. The van der Waals surface area contributed by atoms with Crippen molar-refractivity contribution in [1.82, 2.24) is 9.55 Å². The number of carbonyl (C=O) groups is 2. The van der Waals surface area contributed by atoms with Gasteiger partial charge in [-0.15, -0.1) is 0 Å². The minimum Gasteiger partial charge on any atom is -0.462 e. The summed E-state index contributed by atoms with van der Waals surface area (Å²) in [6.45, 7) is 1.83. The van der Waals surface area contributed by atoms with E-state index in [9.17, 15) is 48.6 Å². The first-order valence-corrected chi connectivity index (χ1v) is 29.0. The van der Waals surface area contributed by atoms with Crippen LogP contribution in [0.3, 0.4) is 0 Å². The van der Waals surface area contributed by atoms with E-state index >= 15 is 0 Å². The summed E-state index contributed by atoms with van der Waals surface area (Å²) in [4.78, 5) is 61.9. The zero-order valence-corrected chi connectivity index (χ0v) is 45.4. The number of phosphoric ester groups is 2. The van der Waals surface area contributed by atoms with Gasteiger partial charge in [-0.2, -0.15) is 9.29 Å². The second-order valence-corrected chi connectivity index (χ2v) is 20.6. The number of ether oxygens (including phenoxy) is 3. The first-order chi connectivity index (χ1) is 36.1. The van der Waals surface area contributed by atoms with Gasteiger partial charge in [0.1, 0.15) is 30.7 Å². The molecule has 2 heterocycles. The summed E-state index contributed by atoms with van der Waals surface area (Å²) in [7, 11) is -11.0. The highest BCUT2D eigenvalue weighted by Gasteiger charge is 2.46. The van der Waals surface area contributed by atoms with E-state index in [2.05, 4.69) is 83.9 Å². The Morgan fingerprint density at radius 3 is 1.80 bits per heavy atom. The lowest BCUT2D eigenvalue weighted by molar-refractivity contribution is -0.161. The van der Waals surface area contributed by atoms with E-state index in [1.807, 2.05) is 36.5 Å². The van der Waals surface area contributed by atoms with Gasteiger partial charge in [-0.1, -0.05) is 149 Å². The van der Waals surface area contributed by atoms with E-state index in [4.69, 9.17) is 29.0 Å². The van der Waals surface area contributed by atoms with E-state index in [1.54, 1.807) is 12.2 Å². The molecule has 0 aromatic carbocycles. The Hall–Kier alpha value is -4.62. The number of aliphatic hydroxyl groups excluding tert-OH is 3. The van der Waals surface area contributed by atoms with Gasteiger partial charge >= 0.3 is 33.3 Å². The maximum absolute atomic E-state index is 12.9. The molecule has 1 aromatic rings. The molecule has 8 atom stereocenters.